The lowest BCUT2D eigenvalue weighted by atomic mass is 10.1. The molecule has 0 spiro atoms. The van der Waals surface area contributed by atoms with Crippen LogP contribution in [0.3, 0.4) is 0 Å². The molecule has 154 valence electrons. The first-order valence-electron chi connectivity index (χ1n) is 10.2. The van der Waals surface area contributed by atoms with Gasteiger partial charge in [0.05, 0.1) is 17.9 Å². The summed E-state index contributed by atoms with van der Waals surface area (Å²) < 4.78 is 6.13. The van der Waals surface area contributed by atoms with Crippen LogP contribution in [0.4, 0.5) is 5.82 Å². The number of anilines is 1. The van der Waals surface area contributed by atoms with Gasteiger partial charge in [-0.3, -0.25) is 14.8 Å². The fraction of sp³-hybridized carbons (Fsp3) is 0.304. The first kappa shape index (κ1) is 19.8. The van der Waals surface area contributed by atoms with Gasteiger partial charge in [0, 0.05) is 50.1 Å². The summed E-state index contributed by atoms with van der Waals surface area (Å²) in [5.41, 5.74) is 2.38. The summed E-state index contributed by atoms with van der Waals surface area (Å²) in [6.45, 7) is 4.16. The van der Waals surface area contributed by atoms with Crippen molar-refractivity contribution in [3.63, 3.8) is 0 Å². The van der Waals surface area contributed by atoms with Crippen LogP contribution in [0.1, 0.15) is 34.6 Å². The number of ether oxygens (including phenoxy) is 1. The smallest absolute Gasteiger partial charge is 0.251 e. The maximum Gasteiger partial charge on any atom is 0.251 e. The van der Waals surface area contributed by atoms with Crippen molar-refractivity contribution in [3.8, 4) is 5.75 Å². The molecule has 0 bridgehead atoms. The van der Waals surface area contributed by atoms with Gasteiger partial charge in [0.15, 0.2) is 0 Å². The van der Waals surface area contributed by atoms with Crippen molar-refractivity contribution in [1.82, 2.24) is 20.3 Å². The van der Waals surface area contributed by atoms with Crippen LogP contribution < -0.4 is 15.0 Å². The van der Waals surface area contributed by atoms with Gasteiger partial charge < -0.3 is 15.0 Å². The van der Waals surface area contributed by atoms with Crippen molar-refractivity contribution < 1.29 is 9.53 Å². The number of aryl methyl sites for hydroxylation is 1. The molecule has 3 aromatic rings. The Bertz CT molecular complexity index is 970. The number of amides is 1. The number of rotatable bonds is 6. The highest BCUT2D eigenvalue weighted by Crippen LogP contribution is 2.23. The van der Waals surface area contributed by atoms with Crippen LogP contribution in [-0.2, 0) is 6.54 Å². The van der Waals surface area contributed by atoms with Gasteiger partial charge in [-0.2, -0.15) is 0 Å². The molecule has 0 radical (unpaired) electrons. The molecule has 0 saturated carbocycles. The third-order valence-electron chi connectivity index (χ3n) is 5.17. The maximum absolute atomic E-state index is 12.3. The third-order valence-corrected chi connectivity index (χ3v) is 5.17. The quantitative estimate of drug-likeness (QED) is 0.681. The number of carbonyl (C=O) groups is 1. The van der Waals surface area contributed by atoms with Crippen molar-refractivity contribution >= 4 is 11.7 Å². The summed E-state index contributed by atoms with van der Waals surface area (Å²) in [5, 5.41) is 2.88. The van der Waals surface area contributed by atoms with Gasteiger partial charge in [-0.25, -0.2) is 4.98 Å². The Balaban J connectivity index is 1.27. The predicted molar refractivity (Wildman–Crippen MR) is 114 cm³/mol. The Morgan fingerprint density at radius 3 is 2.50 bits per heavy atom. The molecule has 1 aliphatic heterocycles. The van der Waals surface area contributed by atoms with Gasteiger partial charge in [-0.05, 0) is 43.3 Å². The molecule has 0 unspecified atom stereocenters. The molecule has 30 heavy (non-hydrogen) atoms. The van der Waals surface area contributed by atoms with E-state index in [9.17, 15) is 4.79 Å². The van der Waals surface area contributed by atoms with Crippen LogP contribution in [0.15, 0.2) is 61.1 Å². The topological polar surface area (TPSA) is 80.2 Å². The molecule has 1 N–H and O–H groups in total. The molecule has 1 fully saturated rings. The summed E-state index contributed by atoms with van der Waals surface area (Å²) in [4.78, 5) is 27.6. The zero-order valence-corrected chi connectivity index (χ0v) is 17.0. The zero-order valence-electron chi connectivity index (χ0n) is 17.0. The van der Waals surface area contributed by atoms with E-state index in [2.05, 4.69) is 25.2 Å². The predicted octanol–water partition coefficient (Wildman–Crippen LogP) is 3.16. The average Bonchev–Trinajstić information content (AvgIpc) is 2.80. The van der Waals surface area contributed by atoms with E-state index in [1.165, 1.54) is 0 Å². The Morgan fingerprint density at radius 2 is 1.80 bits per heavy atom. The second-order valence-corrected chi connectivity index (χ2v) is 7.30. The van der Waals surface area contributed by atoms with Crippen LogP contribution in [0.25, 0.3) is 0 Å². The number of pyridine rings is 1. The number of benzene rings is 1. The summed E-state index contributed by atoms with van der Waals surface area (Å²) in [5.74, 6) is 1.61. The molecule has 7 nitrogen and oxygen atoms in total. The molecule has 1 saturated heterocycles. The standard InChI is InChI=1S/C23H25N5O2/c1-17-22(26-13-12-24-17)28-14-9-21(10-15-28)30-20-7-5-18(6-8-20)23(29)27-16-19-4-2-3-11-25-19/h2-8,11-13,21H,9-10,14-16H2,1H3,(H,27,29). The van der Waals surface area contributed by atoms with Crippen molar-refractivity contribution in [2.24, 2.45) is 0 Å². The van der Waals surface area contributed by atoms with E-state index in [0.29, 0.717) is 12.1 Å². The Labute approximate surface area is 176 Å². The van der Waals surface area contributed by atoms with Crippen LogP contribution in [0.5, 0.6) is 5.75 Å². The Morgan fingerprint density at radius 1 is 1.03 bits per heavy atom. The second kappa shape index (κ2) is 9.35. The number of hydrogen-bond acceptors (Lipinski definition) is 6. The van der Waals surface area contributed by atoms with Crippen molar-refractivity contribution in [3.05, 3.63) is 78.0 Å². The van der Waals surface area contributed by atoms with Gasteiger partial charge in [-0.15, -0.1) is 0 Å². The molecule has 4 rings (SSSR count). The van der Waals surface area contributed by atoms with E-state index in [0.717, 1.165) is 48.9 Å². The molecule has 0 atom stereocenters. The Hall–Kier alpha value is -3.48. The number of aromatic nitrogens is 3. The summed E-state index contributed by atoms with van der Waals surface area (Å²) in [6.07, 6.45) is 7.16. The summed E-state index contributed by atoms with van der Waals surface area (Å²) in [6, 6.07) is 12.9. The first-order chi connectivity index (χ1) is 14.7. The largest absolute Gasteiger partial charge is 0.490 e. The number of carbonyl (C=O) groups excluding carboxylic acids is 1. The second-order valence-electron chi connectivity index (χ2n) is 7.30. The number of piperidine rings is 1. The van der Waals surface area contributed by atoms with E-state index in [-0.39, 0.29) is 12.0 Å². The highest BCUT2D eigenvalue weighted by molar-refractivity contribution is 5.94. The van der Waals surface area contributed by atoms with Gasteiger partial charge >= 0.3 is 0 Å². The molecule has 1 amide bonds. The highest BCUT2D eigenvalue weighted by Gasteiger charge is 2.22. The van der Waals surface area contributed by atoms with E-state index in [4.69, 9.17) is 4.74 Å². The van der Waals surface area contributed by atoms with Gasteiger partial charge in [-0.1, -0.05) is 6.07 Å². The number of hydrogen-bond donors (Lipinski definition) is 1. The minimum absolute atomic E-state index is 0.125. The third kappa shape index (κ3) is 4.92. The molecule has 7 heteroatoms. The number of nitrogens with one attached hydrogen (secondary N) is 1. The molecule has 1 aliphatic rings. The van der Waals surface area contributed by atoms with E-state index in [1.807, 2.05) is 37.3 Å². The van der Waals surface area contributed by atoms with E-state index < -0.39 is 0 Å². The SMILES string of the molecule is Cc1nccnc1N1CCC(Oc2ccc(C(=O)NCc3ccccn3)cc2)CC1. The minimum Gasteiger partial charge on any atom is -0.490 e. The molecule has 0 aliphatic carbocycles. The fourth-order valence-electron chi connectivity index (χ4n) is 3.55. The molecule has 1 aromatic carbocycles. The molecular weight excluding hydrogens is 378 g/mol. The Kier molecular flexibility index (Phi) is 6.17. The lowest BCUT2D eigenvalue weighted by Crippen LogP contribution is -2.39. The zero-order chi connectivity index (χ0) is 20.8. The fourth-order valence-corrected chi connectivity index (χ4v) is 3.55. The van der Waals surface area contributed by atoms with Gasteiger partial charge in [0.2, 0.25) is 0 Å². The van der Waals surface area contributed by atoms with Crippen LogP contribution in [0, 0.1) is 6.92 Å². The maximum atomic E-state index is 12.3. The van der Waals surface area contributed by atoms with Crippen molar-refractivity contribution in [2.45, 2.75) is 32.4 Å². The summed E-state index contributed by atoms with van der Waals surface area (Å²) in [7, 11) is 0. The van der Waals surface area contributed by atoms with Crippen molar-refractivity contribution in [2.75, 3.05) is 18.0 Å². The first-order valence-corrected chi connectivity index (χ1v) is 10.2. The minimum atomic E-state index is -0.125. The van der Waals surface area contributed by atoms with E-state index in [1.54, 1.807) is 30.7 Å². The summed E-state index contributed by atoms with van der Waals surface area (Å²) >= 11 is 0. The van der Waals surface area contributed by atoms with Crippen LogP contribution >= 0.6 is 0 Å². The van der Waals surface area contributed by atoms with Crippen LogP contribution in [-0.4, -0.2) is 40.1 Å². The normalized spacial score (nSPS) is 14.4. The average molecular weight is 403 g/mol. The van der Waals surface area contributed by atoms with Gasteiger partial charge in [0.25, 0.3) is 5.91 Å². The lowest BCUT2D eigenvalue weighted by molar-refractivity contribution is 0.0950. The lowest BCUT2D eigenvalue weighted by Gasteiger charge is -2.33. The van der Waals surface area contributed by atoms with Crippen LogP contribution in [0.2, 0.25) is 0 Å². The monoisotopic (exact) mass is 403 g/mol. The van der Waals surface area contributed by atoms with Crippen molar-refractivity contribution in [1.29, 1.82) is 0 Å². The molecular formula is C23H25N5O2. The number of nitrogens with zero attached hydrogens (tertiary/aromatic N) is 4. The highest BCUT2D eigenvalue weighted by atomic mass is 16.5. The van der Waals surface area contributed by atoms with E-state index >= 15 is 0 Å². The molecule has 2 aromatic heterocycles. The van der Waals surface area contributed by atoms with Gasteiger partial charge in [0.1, 0.15) is 17.7 Å². The molecule has 3 heterocycles.